The molecule has 0 bridgehead atoms. The molecule has 2 aliphatic heterocycles. The molecule has 22 heavy (non-hydrogen) atoms. The lowest BCUT2D eigenvalue weighted by Crippen LogP contribution is -2.49. The largest absolute Gasteiger partial charge is 0.414 e. The predicted molar refractivity (Wildman–Crippen MR) is 75.3 cm³/mol. The molecule has 130 valence electrons. The van der Waals surface area contributed by atoms with Crippen LogP contribution in [0.2, 0.25) is 0 Å². The van der Waals surface area contributed by atoms with Gasteiger partial charge in [0.2, 0.25) is 0 Å². The van der Waals surface area contributed by atoms with Crippen LogP contribution in [0.25, 0.3) is 0 Å². The lowest BCUT2D eigenvalue weighted by molar-refractivity contribution is -0.222. The van der Waals surface area contributed by atoms with Gasteiger partial charge in [0.05, 0.1) is 0 Å². The Kier molecular flexibility index (Phi) is 5.73. The Morgan fingerprint density at radius 1 is 0.909 bits per heavy atom. The molecular formula is C13H23F3N2O3S. The number of piperidine rings is 1. The fraction of sp³-hybridized carbons (Fsp3) is 1.00. The summed E-state index contributed by atoms with van der Waals surface area (Å²) in [6, 6.07) is 0. The van der Waals surface area contributed by atoms with Crippen molar-refractivity contribution in [1.82, 2.24) is 8.61 Å². The molecule has 0 spiro atoms. The summed E-state index contributed by atoms with van der Waals surface area (Å²) in [7, 11) is -3.59. The first kappa shape index (κ1) is 18.0. The molecule has 1 unspecified atom stereocenters. The molecular weight excluding hydrogens is 321 g/mol. The first-order chi connectivity index (χ1) is 10.2. The van der Waals surface area contributed by atoms with Gasteiger partial charge in [0, 0.05) is 26.2 Å². The Morgan fingerprint density at radius 2 is 1.36 bits per heavy atom. The molecule has 9 heteroatoms. The number of hydrogen-bond acceptors (Lipinski definition) is 3. The van der Waals surface area contributed by atoms with Crippen molar-refractivity contribution in [3.63, 3.8) is 0 Å². The Hall–Kier alpha value is -0.380. The van der Waals surface area contributed by atoms with E-state index in [-0.39, 0.29) is 25.9 Å². The normalized spacial score (nSPS) is 25.8. The highest BCUT2D eigenvalue weighted by Crippen LogP contribution is 2.32. The molecule has 0 aromatic rings. The van der Waals surface area contributed by atoms with Crippen molar-refractivity contribution in [2.45, 2.75) is 50.8 Å². The van der Waals surface area contributed by atoms with E-state index in [4.69, 9.17) is 0 Å². The molecule has 2 saturated heterocycles. The minimum absolute atomic E-state index is 0.0355. The van der Waals surface area contributed by atoms with E-state index in [1.807, 2.05) is 0 Å². The van der Waals surface area contributed by atoms with Crippen molar-refractivity contribution >= 4 is 10.2 Å². The van der Waals surface area contributed by atoms with Gasteiger partial charge in [-0.25, -0.2) is 0 Å². The topological polar surface area (TPSA) is 60.9 Å². The van der Waals surface area contributed by atoms with Crippen molar-refractivity contribution in [2.75, 3.05) is 26.2 Å². The Bertz CT molecular complexity index is 454. The van der Waals surface area contributed by atoms with Crippen molar-refractivity contribution in [2.24, 2.45) is 5.92 Å². The van der Waals surface area contributed by atoms with Gasteiger partial charge < -0.3 is 5.11 Å². The van der Waals surface area contributed by atoms with Crippen molar-refractivity contribution < 1.29 is 26.7 Å². The van der Waals surface area contributed by atoms with Gasteiger partial charge >= 0.3 is 6.18 Å². The summed E-state index contributed by atoms with van der Waals surface area (Å²) in [5.41, 5.74) is 0. The maximum Gasteiger partial charge on any atom is 0.414 e. The quantitative estimate of drug-likeness (QED) is 0.848. The molecule has 2 fully saturated rings. The highest BCUT2D eigenvalue weighted by atomic mass is 32.2. The second kappa shape index (κ2) is 7.02. The van der Waals surface area contributed by atoms with Crippen LogP contribution in [-0.4, -0.2) is 60.6 Å². The number of aliphatic hydroxyl groups is 1. The molecule has 1 N–H and O–H groups in total. The van der Waals surface area contributed by atoms with Crippen LogP contribution in [0.1, 0.15) is 38.5 Å². The summed E-state index contributed by atoms with van der Waals surface area (Å²) in [5, 5.41) is 9.28. The van der Waals surface area contributed by atoms with Gasteiger partial charge in [-0.1, -0.05) is 12.8 Å². The number of nitrogens with zero attached hydrogens (tertiary/aromatic N) is 2. The Balaban J connectivity index is 1.95. The number of aliphatic hydroxyl groups excluding tert-OH is 1. The summed E-state index contributed by atoms with van der Waals surface area (Å²) in [4.78, 5) is 0. The first-order valence-corrected chi connectivity index (χ1v) is 9.12. The van der Waals surface area contributed by atoms with Crippen LogP contribution in [-0.2, 0) is 10.2 Å². The minimum atomic E-state index is -4.64. The molecule has 2 heterocycles. The third-order valence-electron chi connectivity index (χ3n) is 4.50. The van der Waals surface area contributed by atoms with E-state index in [0.29, 0.717) is 13.1 Å². The van der Waals surface area contributed by atoms with E-state index in [2.05, 4.69) is 0 Å². The molecule has 0 radical (unpaired) electrons. The van der Waals surface area contributed by atoms with Crippen molar-refractivity contribution in [1.29, 1.82) is 0 Å². The third kappa shape index (κ3) is 4.12. The molecule has 0 aromatic carbocycles. The highest BCUT2D eigenvalue weighted by Gasteiger charge is 2.45. The minimum Gasteiger partial charge on any atom is -0.383 e. The third-order valence-corrected chi connectivity index (χ3v) is 6.53. The molecule has 0 amide bonds. The summed E-state index contributed by atoms with van der Waals surface area (Å²) in [5.74, 6) is -0.921. The molecule has 0 saturated carbocycles. The monoisotopic (exact) mass is 344 g/mol. The summed E-state index contributed by atoms with van der Waals surface area (Å²) in [6.07, 6.45) is -3.28. The lowest BCUT2D eigenvalue weighted by atomic mass is 9.92. The van der Waals surface area contributed by atoms with Gasteiger partial charge in [-0.3, -0.25) is 0 Å². The average Bonchev–Trinajstić information content (AvgIpc) is 2.75. The SMILES string of the molecule is O=S(=O)(N1CCCCCC1)N1CCC(C(O)C(F)(F)F)CC1. The van der Waals surface area contributed by atoms with Crippen LogP contribution >= 0.6 is 0 Å². The van der Waals surface area contributed by atoms with E-state index in [9.17, 15) is 26.7 Å². The maximum atomic E-state index is 12.5. The van der Waals surface area contributed by atoms with E-state index in [1.165, 1.54) is 8.61 Å². The Labute approximate surface area is 129 Å². The molecule has 2 aliphatic rings. The number of halogens is 3. The number of rotatable bonds is 3. The van der Waals surface area contributed by atoms with Crippen LogP contribution in [0.15, 0.2) is 0 Å². The summed E-state index contributed by atoms with van der Waals surface area (Å²) in [6.45, 7) is 1.04. The molecule has 1 atom stereocenters. The molecule has 2 rings (SSSR count). The second-order valence-electron chi connectivity index (χ2n) is 6.04. The molecule has 0 aromatic heterocycles. The fourth-order valence-corrected chi connectivity index (χ4v) is 4.84. The maximum absolute atomic E-state index is 12.5. The summed E-state index contributed by atoms with van der Waals surface area (Å²) >= 11 is 0. The first-order valence-electron chi connectivity index (χ1n) is 7.73. The zero-order valence-corrected chi connectivity index (χ0v) is 13.2. The van der Waals surface area contributed by atoms with Gasteiger partial charge in [-0.2, -0.15) is 30.2 Å². The van der Waals surface area contributed by atoms with Gasteiger partial charge in [-0.15, -0.1) is 0 Å². The Morgan fingerprint density at radius 3 is 1.82 bits per heavy atom. The predicted octanol–water partition coefficient (Wildman–Crippen LogP) is 1.74. The smallest absolute Gasteiger partial charge is 0.383 e. The zero-order chi connectivity index (χ0) is 16.4. The highest BCUT2D eigenvalue weighted by molar-refractivity contribution is 7.86. The molecule has 5 nitrogen and oxygen atoms in total. The van der Waals surface area contributed by atoms with Crippen LogP contribution in [0, 0.1) is 5.92 Å². The second-order valence-corrected chi connectivity index (χ2v) is 7.97. The van der Waals surface area contributed by atoms with E-state index >= 15 is 0 Å². The van der Waals surface area contributed by atoms with Crippen LogP contribution in [0.3, 0.4) is 0 Å². The van der Waals surface area contributed by atoms with E-state index < -0.39 is 28.4 Å². The number of alkyl halides is 3. The van der Waals surface area contributed by atoms with Crippen molar-refractivity contribution in [3.8, 4) is 0 Å². The van der Waals surface area contributed by atoms with Crippen LogP contribution in [0.5, 0.6) is 0 Å². The summed E-state index contributed by atoms with van der Waals surface area (Å²) < 4.78 is 65.3. The van der Waals surface area contributed by atoms with Gasteiger partial charge in [0.1, 0.15) is 0 Å². The fourth-order valence-electron chi connectivity index (χ4n) is 3.13. The standard InChI is InChI=1S/C13H23F3N2O3S/c14-13(15,16)12(19)11-5-9-18(10-6-11)22(20,21)17-7-3-1-2-4-8-17/h11-12,19H,1-10H2. The van der Waals surface area contributed by atoms with Crippen molar-refractivity contribution in [3.05, 3.63) is 0 Å². The van der Waals surface area contributed by atoms with Crippen LogP contribution < -0.4 is 0 Å². The number of hydrogen-bond donors (Lipinski definition) is 1. The average molecular weight is 344 g/mol. The zero-order valence-electron chi connectivity index (χ0n) is 12.4. The lowest BCUT2D eigenvalue weighted by Gasteiger charge is -2.36. The van der Waals surface area contributed by atoms with Gasteiger partial charge in [-0.05, 0) is 31.6 Å². The van der Waals surface area contributed by atoms with E-state index in [0.717, 1.165) is 25.7 Å². The van der Waals surface area contributed by atoms with Gasteiger partial charge in [0.15, 0.2) is 6.10 Å². The van der Waals surface area contributed by atoms with Crippen LogP contribution in [0.4, 0.5) is 13.2 Å². The van der Waals surface area contributed by atoms with Gasteiger partial charge in [0.25, 0.3) is 10.2 Å². The molecule has 0 aliphatic carbocycles. The van der Waals surface area contributed by atoms with E-state index in [1.54, 1.807) is 0 Å².